The molecule has 0 saturated heterocycles. The van der Waals surface area contributed by atoms with Crippen LogP contribution in [0.1, 0.15) is 28.5 Å². The summed E-state index contributed by atoms with van der Waals surface area (Å²) in [5, 5.41) is -0.216. The number of carbonyl (C=O) groups is 1. The minimum absolute atomic E-state index is 0.164. The highest BCUT2D eigenvalue weighted by Gasteiger charge is 2.22. The summed E-state index contributed by atoms with van der Waals surface area (Å²) in [6.07, 6.45) is 4.62. The Hall–Kier alpha value is -1.74. The summed E-state index contributed by atoms with van der Waals surface area (Å²) in [6, 6.07) is 7.89. The SMILES string of the molecule is CN1C(=O)CCc2cc(C(Cl)c3ccoc3)ccc21. The van der Waals surface area contributed by atoms with E-state index in [2.05, 4.69) is 6.07 Å². The lowest BCUT2D eigenvalue weighted by atomic mass is 9.97. The Morgan fingerprint density at radius 1 is 1.26 bits per heavy atom. The standard InChI is InChI=1S/C15H14ClNO2/c1-17-13-4-2-11(8-10(13)3-5-14(17)18)15(16)12-6-7-19-9-12/h2,4,6-9,15H,3,5H2,1H3. The number of fused-ring (bicyclic) bond motifs is 1. The molecule has 98 valence electrons. The van der Waals surface area contributed by atoms with Crippen LogP contribution in [0.15, 0.2) is 41.2 Å². The number of rotatable bonds is 2. The fraction of sp³-hybridized carbons (Fsp3) is 0.267. The lowest BCUT2D eigenvalue weighted by Gasteiger charge is -2.26. The minimum atomic E-state index is -0.216. The topological polar surface area (TPSA) is 33.5 Å². The number of anilines is 1. The van der Waals surface area contributed by atoms with Crippen LogP contribution in [0, 0.1) is 0 Å². The molecule has 1 aliphatic heterocycles. The predicted octanol–water partition coefficient (Wildman–Crippen LogP) is 3.52. The Morgan fingerprint density at radius 2 is 2.11 bits per heavy atom. The highest BCUT2D eigenvalue weighted by atomic mass is 35.5. The van der Waals surface area contributed by atoms with E-state index in [-0.39, 0.29) is 11.3 Å². The highest BCUT2D eigenvalue weighted by Crippen LogP contribution is 2.34. The van der Waals surface area contributed by atoms with Crippen LogP contribution in [0.4, 0.5) is 5.69 Å². The second-order valence-corrected chi connectivity index (χ2v) is 5.20. The van der Waals surface area contributed by atoms with Gasteiger partial charge in [-0.1, -0.05) is 12.1 Å². The van der Waals surface area contributed by atoms with Crippen molar-refractivity contribution < 1.29 is 9.21 Å². The number of hydrogen-bond donors (Lipinski definition) is 0. The van der Waals surface area contributed by atoms with Crippen molar-refractivity contribution in [2.45, 2.75) is 18.2 Å². The van der Waals surface area contributed by atoms with Crippen LogP contribution >= 0.6 is 11.6 Å². The van der Waals surface area contributed by atoms with Gasteiger partial charge in [-0.3, -0.25) is 4.79 Å². The van der Waals surface area contributed by atoms with Gasteiger partial charge in [-0.15, -0.1) is 11.6 Å². The molecule has 0 radical (unpaired) electrons. The number of carbonyl (C=O) groups excluding carboxylic acids is 1. The van der Waals surface area contributed by atoms with Gasteiger partial charge >= 0.3 is 0 Å². The van der Waals surface area contributed by atoms with Crippen molar-refractivity contribution in [3.05, 3.63) is 53.5 Å². The maximum absolute atomic E-state index is 11.6. The molecule has 19 heavy (non-hydrogen) atoms. The van der Waals surface area contributed by atoms with Gasteiger partial charge in [-0.2, -0.15) is 0 Å². The Labute approximate surface area is 116 Å². The summed E-state index contributed by atoms with van der Waals surface area (Å²) in [7, 11) is 1.81. The molecule has 1 amide bonds. The normalized spacial score (nSPS) is 16.3. The van der Waals surface area contributed by atoms with Gasteiger partial charge in [-0.05, 0) is 29.7 Å². The lowest BCUT2D eigenvalue weighted by molar-refractivity contribution is -0.118. The molecule has 2 heterocycles. The van der Waals surface area contributed by atoms with Gasteiger partial charge in [0.2, 0.25) is 5.91 Å². The Kier molecular flexibility index (Phi) is 3.07. The molecule has 0 saturated carbocycles. The first-order valence-corrected chi connectivity index (χ1v) is 6.66. The first-order chi connectivity index (χ1) is 9.16. The molecule has 0 aliphatic carbocycles. The number of benzene rings is 1. The highest BCUT2D eigenvalue weighted by molar-refractivity contribution is 6.22. The summed E-state index contributed by atoms with van der Waals surface area (Å²) in [6.45, 7) is 0. The van der Waals surface area contributed by atoms with Gasteiger partial charge in [0.15, 0.2) is 0 Å². The van der Waals surface area contributed by atoms with E-state index in [1.807, 2.05) is 25.2 Å². The quantitative estimate of drug-likeness (QED) is 0.786. The third-order valence-corrected chi connectivity index (χ3v) is 4.08. The number of halogens is 1. The van der Waals surface area contributed by atoms with E-state index in [0.717, 1.165) is 23.2 Å². The second kappa shape index (κ2) is 4.74. The molecule has 4 heteroatoms. The average Bonchev–Trinajstić information content (AvgIpc) is 2.96. The zero-order chi connectivity index (χ0) is 13.4. The molecule has 1 aromatic carbocycles. The molecule has 0 N–H and O–H groups in total. The number of alkyl halides is 1. The van der Waals surface area contributed by atoms with Crippen molar-refractivity contribution in [2.24, 2.45) is 0 Å². The van der Waals surface area contributed by atoms with Crippen molar-refractivity contribution in [3.63, 3.8) is 0 Å². The largest absolute Gasteiger partial charge is 0.472 e. The fourth-order valence-corrected chi connectivity index (χ4v) is 2.71. The molecule has 1 aromatic heterocycles. The molecule has 1 atom stereocenters. The zero-order valence-corrected chi connectivity index (χ0v) is 11.4. The molecule has 0 fully saturated rings. The van der Waals surface area contributed by atoms with Crippen LogP contribution in [0.5, 0.6) is 0 Å². The molecular formula is C15H14ClNO2. The zero-order valence-electron chi connectivity index (χ0n) is 10.6. The molecule has 3 nitrogen and oxygen atoms in total. The van der Waals surface area contributed by atoms with Gasteiger partial charge in [0, 0.05) is 24.7 Å². The van der Waals surface area contributed by atoms with Gasteiger partial charge < -0.3 is 9.32 Å². The average molecular weight is 276 g/mol. The summed E-state index contributed by atoms with van der Waals surface area (Å²) < 4.78 is 5.06. The maximum Gasteiger partial charge on any atom is 0.227 e. The van der Waals surface area contributed by atoms with Gasteiger partial charge in [0.1, 0.15) is 0 Å². The number of nitrogens with zero attached hydrogens (tertiary/aromatic N) is 1. The van der Waals surface area contributed by atoms with Crippen LogP contribution in [-0.4, -0.2) is 13.0 Å². The van der Waals surface area contributed by atoms with E-state index in [0.29, 0.717) is 6.42 Å². The van der Waals surface area contributed by atoms with Crippen LogP contribution < -0.4 is 4.90 Å². The first kappa shape index (κ1) is 12.3. The lowest BCUT2D eigenvalue weighted by Crippen LogP contribution is -2.31. The van der Waals surface area contributed by atoms with E-state index in [1.54, 1.807) is 17.4 Å². The van der Waals surface area contributed by atoms with E-state index in [9.17, 15) is 4.79 Å². The third-order valence-electron chi connectivity index (χ3n) is 3.58. The number of amides is 1. The third kappa shape index (κ3) is 2.15. The van der Waals surface area contributed by atoms with E-state index < -0.39 is 0 Å². The molecule has 2 aromatic rings. The van der Waals surface area contributed by atoms with Crippen molar-refractivity contribution in [1.82, 2.24) is 0 Å². The summed E-state index contributed by atoms with van der Waals surface area (Å²) in [5.41, 5.74) is 4.14. The minimum Gasteiger partial charge on any atom is -0.472 e. The second-order valence-electron chi connectivity index (χ2n) is 4.76. The summed E-state index contributed by atoms with van der Waals surface area (Å²) in [5.74, 6) is 0.164. The van der Waals surface area contributed by atoms with Crippen LogP contribution in [0.3, 0.4) is 0 Å². The van der Waals surface area contributed by atoms with Crippen LogP contribution in [0.2, 0.25) is 0 Å². The van der Waals surface area contributed by atoms with Crippen molar-refractivity contribution in [3.8, 4) is 0 Å². The molecule has 0 bridgehead atoms. The van der Waals surface area contributed by atoms with Gasteiger partial charge in [0.25, 0.3) is 0 Å². The maximum atomic E-state index is 11.6. The van der Waals surface area contributed by atoms with Gasteiger partial charge in [0.05, 0.1) is 17.9 Å². The smallest absolute Gasteiger partial charge is 0.227 e. The first-order valence-electron chi connectivity index (χ1n) is 6.22. The molecule has 1 unspecified atom stereocenters. The molecular weight excluding hydrogens is 262 g/mol. The molecule has 1 aliphatic rings. The van der Waals surface area contributed by atoms with Crippen molar-refractivity contribution >= 4 is 23.2 Å². The van der Waals surface area contributed by atoms with Crippen molar-refractivity contribution in [2.75, 3.05) is 11.9 Å². The number of hydrogen-bond acceptors (Lipinski definition) is 2. The Balaban J connectivity index is 1.96. The Morgan fingerprint density at radius 3 is 2.84 bits per heavy atom. The number of furan rings is 1. The van der Waals surface area contributed by atoms with E-state index >= 15 is 0 Å². The van der Waals surface area contributed by atoms with Crippen LogP contribution in [-0.2, 0) is 11.2 Å². The summed E-state index contributed by atoms with van der Waals surface area (Å²) in [4.78, 5) is 13.4. The van der Waals surface area contributed by atoms with Crippen molar-refractivity contribution in [1.29, 1.82) is 0 Å². The van der Waals surface area contributed by atoms with Gasteiger partial charge in [-0.25, -0.2) is 0 Å². The number of aryl methyl sites for hydroxylation is 1. The van der Waals surface area contributed by atoms with E-state index in [1.165, 1.54) is 5.56 Å². The van der Waals surface area contributed by atoms with Crippen LogP contribution in [0.25, 0.3) is 0 Å². The molecule has 3 rings (SSSR count). The Bertz CT molecular complexity index is 607. The summed E-state index contributed by atoms with van der Waals surface area (Å²) >= 11 is 6.44. The predicted molar refractivity (Wildman–Crippen MR) is 74.6 cm³/mol. The fourth-order valence-electron chi connectivity index (χ4n) is 2.45. The molecule has 0 spiro atoms. The monoisotopic (exact) mass is 275 g/mol. The van der Waals surface area contributed by atoms with E-state index in [4.69, 9.17) is 16.0 Å².